The molecule has 0 aromatic heterocycles. The van der Waals surface area contributed by atoms with Crippen molar-refractivity contribution in [3.63, 3.8) is 0 Å². The molecule has 2 rings (SSSR count). The van der Waals surface area contributed by atoms with E-state index in [1.807, 2.05) is 32.0 Å². The van der Waals surface area contributed by atoms with E-state index in [1.54, 1.807) is 0 Å². The molecule has 0 radical (unpaired) electrons. The summed E-state index contributed by atoms with van der Waals surface area (Å²) in [5.74, 6) is 0.218. The SMILES string of the molecule is Cc1ccc(Br)cc1C(=O)C(C)N1CCNCC1. The van der Waals surface area contributed by atoms with E-state index in [2.05, 4.69) is 26.1 Å². The summed E-state index contributed by atoms with van der Waals surface area (Å²) >= 11 is 3.43. The van der Waals surface area contributed by atoms with Crippen molar-refractivity contribution < 1.29 is 4.79 Å². The quantitative estimate of drug-likeness (QED) is 0.869. The van der Waals surface area contributed by atoms with Crippen molar-refractivity contribution in [1.29, 1.82) is 0 Å². The second kappa shape index (κ2) is 5.95. The molecular weight excluding hydrogens is 292 g/mol. The zero-order valence-electron chi connectivity index (χ0n) is 10.9. The van der Waals surface area contributed by atoms with Gasteiger partial charge < -0.3 is 5.32 Å². The summed E-state index contributed by atoms with van der Waals surface area (Å²) in [7, 11) is 0. The molecule has 1 heterocycles. The van der Waals surface area contributed by atoms with Crippen LogP contribution in [0.15, 0.2) is 22.7 Å². The van der Waals surface area contributed by atoms with Gasteiger partial charge in [-0.25, -0.2) is 0 Å². The molecule has 0 amide bonds. The van der Waals surface area contributed by atoms with Crippen LogP contribution < -0.4 is 5.32 Å². The molecule has 1 unspecified atom stereocenters. The van der Waals surface area contributed by atoms with Crippen LogP contribution in [-0.2, 0) is 0 Å². The molecule has 1 fully saturated rings. The van der Waals surface area contributed by atoms with Gasteiger partial charge in [0.15, 0.2) is 5.78 Å². The van der Waals surface area contributed by atoms with Gasteiger partial charge in [-0.1, -0.05) is 22.0 Å². The van der Waals surface area contributed by atoms with Crippen molar-refractivity contribution in [3.05, 3.63) is 33.8 Å². The van der Waals surface area contributed by atoms with Gasteiger partial charge in [-0.2, -0.15) is 0 Å². The molecule has 1 saturated heterocycles. The number of piperazine rings is 1. The Labute approximate surface area is 117 Å². The first-order valence-corrected chi connectivity index (χ1v) is 7.14. The van der Waals surface area contributed by atoms with Gasteiger partial charge >= 0.3 is 0 Å². The summed E-state index contributed by atoms with van der Waals surface area (Å²) in [5.41, 5.74) is 1.88. The van der Waals surface area contributed by atoms with Crippen LogP contribution in [0, 0.1) is 6.92 Å². The zero-order valence-corrected chi connectivity index (χ0v) is 12.5. The van der Waals surface area contributed by atoms with Crippen LogP contribution in [0.2, 0.25) is 0 Å². The highest BCUT2D eigenvalue weighted by Crippen LogP contribution is 2.19. The Morgan fingerprint density at radius 3 is 2.72 bits per heavy atom. The molecule has 1 atom stereocenters. The molecule has 98 valence electrons. The summed E-state index contributed by atoms with van der Waals surface area (Å²) < 4.78 is 0.962. The number of Topliss-reactive ketones (excluding diaryl/α,β-unsaturated/α-hetero) is 1. The molecule has 0 spiro atoms. The number of benzene rings is 1. The molecule has 0 aliphatic carbocycles. The lowest BCUT2D eigenvalue weighted by Crippen LogP contribution is -2.50. The standard InChI is InChI=1S/C14H19BrN2O/c1-10-3-4-12(15)9-13(10)14(18)11(2)17-7-5-16-6-8-17/h3-4,9,11,16H,5-8H2,1-2H3. The first-order chi connectivity index (χ1) is 8.59. The largest absolute Gasteiger partial charge is 0.314 e. The molecular formula is C14H19BrN2O. The highest BCUT2D eigenvalue weighted by Gasteiger charge is 2.24. The molecule has 1 aliphatic heterocycles. The summed E-state index contributed by atoms with van der Waals surface area (Å²) in [4.78, 5) is 14.8. The van der Waals surface area contributed by atoms with Crippen molar-refractivity contribution in [2.24, 2.45) is 0 Å². The molecule has 1 aromatic rings. The van der Waals surface area contributed by atoms with E-state index >= 15 is 0 Å². The number of nitrogens with one attached hydrogen (secondary N) is 1. The lowest BCUT2D eigenvalue weighted by atomic mass is 9.99. The minimum Gasteiger partial charge on any atom is -0.314 e. The number of aryl methyl sites for hydroxylation is 1. The molecule has 3 nitrogen and oxygen atoms in total. The Kier molecular flexibility index (Phi) is 4.54. The van der Waals surface area contributed by atoms with Crippen LogP contribution in [-0.4, -0.2) is 42.9 Å². The number of rotatable bonds is 3. The van der Waals surface area contributed by atoms with Crippen molar-refractivity contribution in [1.82, 2.24) is 10.2 Å². The maximum Gasteiger partial charge on any atom is 0.179 e. The Balaban J connectivity index is 2.16. The fourth-order valence-electron chi connectivity index (χ4n) is 2.32. The van der Waals surface area contributed by atoms with E-state index in [4.69, 9.17) is 0 Å². The molecule has 1 aromatic carbocycles. The number of carbonyl (C=O) groups excluding carboxylic acids is 1. The number of nitrogens with zero attached hydrogens (tertiary/aromatic N) is 1. The van der Waals surface area contributed by atoms with Crippen molar-refractivity contribution in [3.8, 4) is 0 Å². The van der Waals surface area contributed by atoms with E-state index in [0.717, 1.165) is 41.8 Å². The van der Waals surface area contributed by atoms with Crippen LogP contribution in [0.5, 0.6) is 0 Å². The number of hydrogen-bond donors (Lipinski definition) is 1. The van der Waals surface area contributed by atoms with E-state index < -0.39 is 0 Å². The van der Waals surface area contributed by atoms with Crippen LogP contribution in [0.3, 0.4) is 0 Å². The van der Waals surface area contributed by atoms with Crippen molar-refractivity contribution in [2.75, 3.05) is 26.2 Å². The third kappa shape index (κ3) is 2.99. The van der Waals surface area contributed by atoms with Gasteiger partial charge in [0, 0.05) is 36.2 Å². The van der Waals surface area contributed by atoms with Crippen LogP contribution in [0.4, 0.5) is 0 Å². The smallest absolute Gasteiger partial charge is 0.179 e. The summed E-state index contributed by atoms with van der Waals surface area (Å²) in [6.07, 6.45) is 0. The minimum absolute atomic E-state index is 0.0416. The second-order valence-corrected chi connectivity index (χ2v) is 5.70. The zero-order chi connectivity index (χ0) is 13.1. The number of hydrogen-bond acceptors (Lipinski definition) is 3. The van der Waals surface area contributed by atoms with E-state index in [-0.39, 0.29) is 11.8 Å². The molecule has 1 N–H and O–H groups in total. The van der Waals surface area contributed by atoms with Crippen molar-refractivity contribution in [2.45, 2.75) is 19.9 Å². The number of halogens is 1. The maximum atomic E-state index is 12.5. The lowest BCUT2D eigenvalue weighted by Gasteiger charge is -2.32. The minimum atomic E-state index is -0.0416. The molecule has 1 aliphatic rings. The molecule has 0 bridgehead atoms. The Bertz CT molecular complexity index is 441. The van der Waals surface area contributed by atoms with Gasteiger partial charge in [0.25, 0.3) is 0 Å². The van der Waals surface area contributed by atoms with Gasteiger partial charge in [-0.15, -0.1) is 0 Å². The maximum absolute atomic E-state index is 12.5. The highest BCUT2D eigenvalue weighted by atomic mass is 79.9. The van der Waals surface area contributed by atoms with Crippen LogP contribution in [0.25, 0.3) is 0 Å². The normalized spacial score (nSPS) is 18.6. The van der Waals surface area contributed by atoms with Gasteiger partial charge in [-0.3, -0.25) is 9.69 Å². The van der Waals surface area contributed by atoms with Gasteiger partial charge in [0.1, 0.15) is 0 Å². The Hall–Kier alpha value is -0.710. The van der Waals surface area contributed by atoms with Crippen LogP contribution in [0.1, 0.15) is 22.8 Å². The first-order valence-electron chi connectivity index (χ1n) is 6.34. The first kappa shape index (κ1) is 13.7. The second-order valence-electron chi connectivity index (χ2n) is 4.79. The topological polar surface area (TPSA) is 32.3 Å². The molecule has 4 heteroatoms. The summed E-state index contributed by atoms with van der Waals surface area (Å²) in [5, 5.41) is 3.31. The fraction of sp³-hybridized carbons (Fsp3) is 0.500. The van der Waals surface area contributed by atoms with Gasteiger partial charge in [0.05, 0.1) is 6.04 Å². The Morgan fingerprint density at radius 2 is 2.06 bits per heavy atom. The number of carbonyl (C=O) groups is 1. The average molecular weight is 311 g/mol. The molecule has 0 saturated carbocycles. The lowest BCUT2D eigenvalue weighted by molar-refractivity contribution is 0.0819. The Morgan fingerprint density at radius 1 is 1.39 bits per heavy atom. The molecule has 18 heavy (non-hydrogen) atoms. The summed E-state index contributed by atoms with van der Waals surface area (Å²) in [6.45, 7) is 7.82. The predicted octanol–water partition coefficient (Wildman–Crippen LogP) is 2.23. The monoisotopic (exact) mass is 310 g/mol. The predicted molar refractivity (Wildman–Crippen MR) is 77.1 cm³/mol. The third-order valence-electron chi connectivity index (χ3n) is 3.54. The van der Waals surface area contributed by atoms with Gasteiger partial charge in [0.2, 0.25) is 0 Å². The number of ketones is 1. The summed E-state index contributed by atoms with van der Waals surface area (Å²) in [6, 6.07) is 5.85. The fourth-order valence-corrected chi connectivity index (χ4v) is 2.68. The van der Waals surface area contributed by atoms with E-state index in [1.165, 1.54) is 0 Å². The van der Waals surface area contributed by atoms with Gasteiger partial charge in [-0.05, 0) is 31.5 Å². The van der Waals surface area contributed by atoms with Crippen molar-refractivity contribution >= 4 is 21.7 Å². The van der Waals surface area contributed by atoms with E-state index in [0.29, 0.717) is 0 Å². The highest BCUT2D eigenvalue weighted by molar-refractivity contribution is 9.10. The van der Waals surface area contributed by atoms with Crippen LogP contribution >= 0.6 is 15.9 Å². The van der Waals surface area contributed by atoms with E-state index in [9.17, 15) is 4.79 Å². The third-order valence-corrected chi connectivity index (χ3v) is 4.04. The average Bonchev–Trinajstić information content (AvgIpc) is 2.41.